The molecule has 2 aliphatic heterocycles. The minimum atomic E-state index is -3.63. The smallest absolute Gasteiger partial charge is 0.240 e. The molecule has 0 spiro atoms. The summed E-state index contributed by atoms with van der Waals surface area (Å²) in [6, 6.07) is -0.547. The zero-order valence-corrected chi connectivity index (χ0v) is 10.3. The lowest BCUT2D eigenvalue weighted by Crippen LogP contribution is -2.60. The molecule has 2 fully saturated rings. The summed E-state index contributed by atoms with van der Waals surface area (Å²) < 4.78 is 48.2. The van der Waals surface area contributed by atoms with Gasteiger partial charge in [-0.1, -0.05) is 0 Å². The summed E-state index contributed by atoms with van der Waals surface area (Å²) in [4.78, 5) is 1.51. The van der Waals surface area contributed by atoms with Gasteiger partial charge >= 0.3 is 0 Å². The van der Waals surface area contributed by atoms with Gasteiger partial charge in [-0.3, -0.25) is 4.72 Å². The van der Waals surface area contributed by atoms with E-state index in [4.69, 9.17) is 12.2 Å². The zero-order valence-electron chi connectivity index (χ0n) is 7.87. The highest BCUT2D eigenvalue weighted by Crippen LogP contribution is 2.26. The van der Waals surface area contributed by atoms with Gasteiger partial charge in [0.15, 0.2) is 14.9 Å². The number of sulfonamides is 1. The average molecular weight is 270 g/mol. The van der Waals surface area contributed by atoms with Crippen molar-refractivity contribution in [2.75, 3.05) is 18.6 Å². The van der Waals surface area contributed by atoms with Crippen molar-refractivity contribution in [2.24, 2.45) is 0 Å². The van der Waals surface area contributed by atoms with E-state index < -0.39 is 31.2 Å². The number of thiocarbonyl (C=S) groups is 1. The molecule has 6 nitrogen and oxygen atoms in total. The van der Waals surface area contributed by atoms with Gasteiger partial charge in [-0.2, -0.15) is 0 Å². The van der Waals surface area contributed by atoms with E-state index in [-0.39, 0.29) is 16.6 Å². The van der Waals surface area contributed by atoms with Gasteiger partial charge in [-0.15, -0.1) is 0 Å². The second kappa shape index (κ2) is 3.05. The lowest BCUT2D eigenvalue weighted by Gasteiger charge is -2.35. The Morgan fingerprint density at radius 1 is 1.33 bits per heavy atom. The summed E-state index contributed by atoms with van der Waals surface area (Å²) in [6.07, 6.45) is 0. The lowest BCUT2D eigenvalue weighted by atomic mass is 10.2. The van der Waals surface area contributed by atoms with Gasteiger partial charge in [0.25, 0.3) is 0 Å². The van der Waals surface area contributed by atoms with E-state index in [0.717, 1.165) is 0 Å². The first-order chi connectivity index (χ1) is 6.73. The standard InChI is InChI=1S/C6H10N2O4S3/c1-8-4-2-14(9,10)3-5(4)15(11,12)7-6(8)13/h4-5H,2-3H2,1H3,(H,7,13)/t4-,5-/m1/s1. The summed E-state index contributed by atoms with van der Waals surface area (Å²) in [7, 11) is -5.30. The molecular weight excluding hydrogens is 260 g/mol. The van der Waals surface area contributed by atoms with Gasteiger partial charge in [-0.05, 0) is 12.2 Å². The predicted molar refractivity (Wildman–Crippen MR) is 58.6 cm³/mol. The van der Waals surface area contributed by atoms with Gasteiger partial charge in [0, 0.05) is 7.05 Å². The van der Waals surface area contributed by atoms with Crippen molar-refractivity contribution in [1.82, 2.24) is 9.62 Å². The highest BCUT2D eigenvalue weighted by Gasteiger charge is 2.51. The second-order valence-electron chi connectivity index (χ2n) is 3.75. The number of rotatable bonds is 0. The number of sulfone groups is 1. The predicted octanol–water partition coefficient (Wildman–Crippen LogP) is -1.70. The van der Waals surface area contributed by atoms with Crippen molar-refractivity contribution in [2.45, 2.75) is 11.3 Å². The molecule has 2 aliphatic rings. The number of fused-ring (bicyclic) bond motifs is 1. The molecule has 2 atom stereocenters. The van der Waals surface area contributed by atoms with Crippen LogP contribution in [0.2, 0.25) is 0 Å². The maximum absolute atomic E-state index is 11.6. The minimum Gasteiger partial charge on any atom is -0.346 e. The molecule has 0 amide bonds. The van der Waals surface area contributed by atoms with Gasteiger partial charge in [0.05, 0.1) is 17.5 Å². The molecule has 0 saturated carbocycles. The Morgan fingerprint density at radius 3 is 2.53 bits per heavy atom. The largest absolute Gasteiger partial charge is 0.346 e. The van der Waals surface area contributed by atoms with Crippen LogP contribution in [0.4, 0.5) is 0 Å². The van der Waals surface area contributed by atoms with Crippen LogP contribution < -0.4 is 4.72 Å². The van der Waals surface area contributed by atoms with E-state index >= 15 is 0 Å². The normalized spacial score (nSPS) is 37.1. The quantitative estimate of drug-likeness (QED) is 0.528. The Bertz CT molecular complexity index is 508. The van der Waals surface area contributed by atoms with E-state index in [0.29, 0.717) is 0 Å². The Hall–Kier alpha value is -0.410. The Morgan fingerprint density at radius 2 is 1.93 bits per heavy atom. The number of hydrogen-bond acceptors (Lipinski definition) is 5. The van der Waals surface area contributed by atoms with Crippen molar-refractivity contribution in [1.29, 1.82) is 0 Å². The maximum Gasteiger partial charge on any atom is 0.240 e. The summed E-state index contributed by atoms with van der Waals surface area (Å²) in [5.41, 5.74) is 0. The second-order valence-corrected chi connectivity index (χ2v) is 8.19. The fourth-order valence-corrected chi connectivity index (χ4v) is 6.88. The number of nitrogens with one attached hydrogen (secondary N) is 1. The van der Waals surface area contributed by atoms with Crippen LogP contribution in [-0.4, -0.2) is 56.7 Å². The highest BCUT2D eigenvalue weighted by atomic mass is 32.2. The first-order valence-corrected chi connectivity index (χ1v) is 7.99. The van der Waals surface area contributed by atoms with Crippen LogP contribution in [0.1, 0.15) is 0 Å². The van der Waals surface area contributed by atoms with Crippen LogP contribution in [0.3, 0.4) is 0 Å². The van der Waals surface area contributed by atoms with Crippen LogP contribution in [0.15, 0.2) is 0 Å². The number of nitrogens with zero attached hydrogens (tertiary/aromatic N) is 1. The molecule has 2 rings (SSSR count). The van der Waals surface area contributed by atoms with Gasteiger partial charge in [0.1, 0.15) is 5.25 Å². The fraction of sp³-hybridized carbons (Fsp3) is 0.833. The summed E-state index contributed by atoms with van der Waals surface area (Å²) in [6.45, 7) is 0. The molecule has 0 aromatic heterocycles. The molecule has 1 N–H and O–H groups in total. The zero-order chi connectivity index (χ0) is 11.4. The molecule has 0 bridgehead atoms. The van der Waals surface area contributed by atoms with Crippen molar-refractivity contribution in [3.8, 4) is 0 Å². The molecular formula is C6H10N2O4S3. The van der Waals surface area contributed by atoms with Crippen LogP contribution in [0.5, 0.6) is 0 Å². The summed E-state index contributed by atoms with van der Waals surface area (Å²) in [5, 5.41) is -0.840. The van der Waals surface area contributed by atoms with E-state index in [1.165, 1.54) is 4.90 Å². The Labute approximate surface area is 93.6 Å². The van der Waals surface area contributed by atoms with E-state index in [1.807, 2.05) is 0 Å². The molecule has 15 heavy (non-hydrogen) atoms. The molecule has 0 aromatic carbocycles. The van der Waals surface area contributed by atoms with Crippen LogP contribution >= 0.6 is 12.2 Å². The fourth-order valence-electron chi connectivity index (χ4n) is 1.87. The van der Waals surface area contributed by atoms with Gasteiger partial charge in [0.2, 0.25) is 10.0 Å². The van der Waals surface area contributed by atoms with Crippen molar-refractivity contribution in [3.05, 3.63) is 0 Å². The van der Waals surface area contributed by atoms with Gasteiger partial charge < -0.3 is 4.90 Å². The maximum atomic E-state index is 11.6. The molecule has 0 unspecified atom stereocenters. The molecule has 0 radical (unpaired) electrons. The molecule has 9 heteroatoms. The van der Waals surface area contributed by atoms with Crippen LogP contribution in [0.25, 0.3) is 0 Å². The summed E-state index contributed by atoms with van der Waals surface area (Å²) >= 11 is 4.82. The van der Waals surface area contributed by atoms with Gasteiger partial charge in [-0.25, -0.2) is 16.8 Å². The average Bonchev–Trinajstić information content (AvgIpc) is 2.38. The molecule has 2 heterocycles. The van der Waals surface area contributed by atoms with Crippen molar-refractivity contribution in [3.63, 3.8) is 0 Å². The monoisotopic (exact) mass is 270 g/mol. The van der Waals surface area contributed by atoms with E-state index in [2.05, 4.69) is 4.72 Å². The van der Waals surface area contributed by atoms with Crippen LogP contribution in [0, 0.1) is 0 Å². The highest BCUT2D eigenvalue weighted by molar-refractivity contribution is 7.96. The third-order valence-electron chi connectivity index (χ3n) is 2.72. The number of hydrogen-bond donors (Lipinski definition) is 1. The molecule has 86 valence electrons. The third-order valence-corrected chi connectivity index (χ3v) is 6.92. The molecule has 0 aliphatic carbocycles. The SMILES string of the molecule is CN1C(=S)NS(=O)(=O)[C@@H]2CS(=O)(=O)C[C@H]21. The lowest BCUT2D eigenvalue weighted by molar-refractivity contribution is 0.378. The molecule has 2 saturated heterocycles. The minimum absolute atomic E-state index is 0.0633. The van der Waals surface area contributed by atoms with Crippen molar-refractivity contribution >= 4 is 37.2 Å². The summed E-state index contributed by atoms with van der Waals surface area (Å²) in [5.74, 6) is -0.463. The first kappa shape index (κ1) is 11.1. The third kappa shape index (κ3) is 1.72. The molecule has 0 aromatic rings. The Kier molecular flexibility index (Phi) is 2.25. The first-order valence-electron chi connectivity index (χ1n) is 4.22. The van der Waals surface area contributed by atoms with E-state index in [9.17, 15) is 16.8 Å². The van der Waals surface area contributed by atoms with Crippen molar-refractivity contribution < 1.29 is 16.8 Å². The van der Waals surface area contributed by atoms with Crippen LogP contribution in [-0.2, 0) is 19.9 Å². The topological polar surface area (TPSA) is 83.6 Å². The Balaban J connectivity index is 2.48. The van der Waals surface area contributed by atoms with E-state index in [1.54, 1.807) is 7.05 Å².